The lowest BCUT2D eigenvalue weighted by Crippen LogP contribution is -2.28. The van der Waals surface area contributed by atoms with E-state index in [0.717, 1.165) is 18.2 Å². The van der Waals surface area contributed by atoms with Crippen LogP contribution in [0, 0.1) is 17.7 Å². The first-order valence-corrected chi connectivity index (χ1v) is 7.52. The third-order valence-electron chi connectivity index (χ3n) is 2.35. The van der Waals surface area contributed by atoms with Gasteiger partial charge >= 0.3 is 0 Å². The summed E-state index contributed by atoms with van der Waals surface area (Å²) in [5, 5.41) is 8.65. The van der Waals surface area contributed by atoms with Crippen LogP contribution in [0.15, 0.2) is 23.1 Å². The molecule has 0 aliphatic carbocycles. The van der Waals surface area contributed by atoms with Crippen molar-refractivity contribution in [1.82, 2.24) is 4.72 Å². The van der Waals surface area contributed by atoms with Crippen molar-refractivity contribution >= 4 is 15.9 Å². The Hall–Kier alpha value is -1.95. The number of hydrogen-bond donors (Lipinski definition) is 3. The van der Waals surface area contributed by atoms with Gasteiger partial charge in [0.2, 0.25) is 15.9 Å². The molecule has 0 aliphatic heterocycles. The second-order valence-corrected chi connectivity index (χ2v) is 5.77. The number of amides is 1. The highest BCUT2D eigenvalue weighted by Crippen LogP contribution is 2.16. The highest BCUT2D eigenvalue weighted by atomic mass is 32.2. The number of benzene rings is 1. The molecule has 0 saturated carbocycles. The summed E-state index contributed by atoms with van der Waals surface area (Å²) >= 11 is 0. The molecular formula is C13H15FN2O4S. The van der Waals surface area contributed by atoms with E-state index in [0.29, 0.717) is 0 Å². The molecular weight excluding hydrogens is 299 g/mol. The van der Waals surface area contributed by atoms with Crippen molar-refractivity contribution in [2.75, 3.05) is 13.2 Å². The first kappa shape index (κ1) is 17.1. The molecule has 0 radical (unpaired) electrons. The predicted octanol–water partition coefficient (Wildman–Crippen LogP) is -0.287. The van der Waals surface area contributed by atoms with E-state index in [1.165, 1.54) is 0 Å². The van der Waals surface area contributed by atoms with Crippen molar-refractivity contribution in [3.63, 3.8) is 0 Å². The molecule has 0 heterocycles. The summed E-state index contributed by atoms with van der Waals surface area (Å²) in [6.07, 6.45) is -0.00292. The minimum Gasteiger partial charge on any atom is -0.395 e. The summed E-state index contributed by atoms with van der Waals surface area (Å²) in [5.74, 6) is 3.77. The van der Waals surface area contributed by atoms with E-state index in [4.69, 9.17) is 10.8 Å². The van der Waals surface area contributed by atoms with Gasteiger partial charge in [0, 0.05) is 24.9 Å². The van der Waals surface area contributed by atoms with E-state index in [1.54, 1.807) is 0 Å². The van der Waals surface area contributed by atoms with Crippen molar-refractivity contribution < 1.29 is 22.7 Å². The Bertz CT molecular complexity index is 677. The molecule has 6 nitrogen and oxygen atoms in total. The molecule has 114 valence electrons. The Morgan fingerprint density at radius 3 is 2.76 bits per heavy atom. The number of carbonyl (C=O) groups excluding carboxylic acids is 1. The second-order valence-electron chi connectivity index (χ2n) is 4.03. The maximum Gasteiger partial charge on any atom is 0.241 e. The van der Waals surface area contributed by atoms with Crippen molar-refractivity contribution in [1.29, 1.82) is 0 Å². The summed E-state index contributed by atoms with van der Waals surface area (Å²) in [6.45, 7) is -0.334. The quantitative estimate of drug-likeness (QED) is 0.627. The molecule has 21 heavy (non-hydrogen) atoms. The third-order valence-corrected chi connectivity index (χ3v) is 3.87. The van der Waals surface area contributed by atoms with Crippen molar-refractivity contribution in [2.45, 2.75) is 17.7 Å². The highest BCUT2D eigenvalue weighted by Gasteiger charge is 2.18. The molecule has 0 aromatic heterocycles. The van der Waals surface area contributed by atoms with E-state index in [9.17, 15) is 17.6 Å². The van der Waals surface area contributed by atoms with Crippen molar-refractivity contribution in [3.8, 4) is 11.8 Å². The smallest absolute Gasteiger partial charge is 0.241 e. The number of nitrogens with one attached hydrogen (secondary N) is 1. The van der Waals surface area contributed by atoms with Crippen LogP contribution in [0.2, 0.25) is 0 Å². The lowest BCUT2D eigenvalue weighted by Gasteiger charge is -2.08. The zero-order chi connectivity index (χ0) is 15.9. The van der Waals surface area contributed by atoms with Gasteiger partial charge in [-0.25, -0.2) is 17.5 Å². The maximum atomic E-state index is 13.2. The first-order chi connectivity index (χ1) is 9.86. The van der Waals surface area contributed by atoms with Crippen LogP contribution in [-0.4, -0.2) is 32.6 Å². The summed E-state index contributed by atoms with van der Waals surface area (Å²) in [4.78, 5) is 10.4. The lowest BCUT2D eigenvalue weighted by atomic mass is 10.2. The number of primary amides is 1. The van der Waals surface area contributed by atoms with Crippen LogP contribution in [-0.2, 0) is 14.8 Å². The Morgan fingerprint density at radius 1 is 1.43 bits per heavy atom. The second kappa shape index (κ2) is 7.73. The van der Waals surface area contributed by atoms with Gasteiger partial charge in [-0.3, -0.25) is 4.79 Å². The number of sulfonamides is 1. The van der Waals surface area contributed by atoms with E-state index >= 15 is 0 Å². The molecule has 1 aromatic rings. The van der Waals surface area contributed by atoms with Crippen LogP contribution in [0.1, 0.15) is 18.4 Å². The highest BCUT2D eigenvalue weighted by molar-refractivity contribution is 7.89. The molecule has 4 N–H and O–H groups in total. The van der Waals surface area contributed by atoms with Crippen LogP contribution >= 0.6 is 0 Å². The zero-order valence-electron chi connectivity index (χ0n) is 11.1. The molecule has 8 heteroatoms. The molecule has 1 amide bonds. The molecule has 0 fully saturated rings. The van der Waals surface area contributed by atoms with Gasteiger partial charge in [0.05, 0.1) is 11.5 Å². The minimum atomic E-state index is -3.93. The minimum absolute atomic E-state index is 0.0185. The first-order valence-electron chi connectivity index (χ1n) is 6.04. The summed E-state index contributed by atoms with van der Waals surface area (Å²) in [6, 6.07) is 3.08. The number of carbonyl (C=O) groups is 1. The largest absolute Gasteiger partial charge is 0.395 e. The molecule has 0 spiro atoms. The molecule has 1 aromatic carbocycles. The average Bonchev–Trinajstić information content (AvgIpc) is 2.38. The average molecular weight is 314 g/mol. The fraction of sp³-hybridized carbons (Fsp3) is 0.308. The summed E-state index contributed by atoms with van der Waals surface area (Å²) in [5.41, 5.74) is 4.90. The van der Waals surface area contributed by atoms with Gasteiger partial charge in [-0.1, -0.05) is 11.8 Å². The Balaban J connectivity index is 3.05. The van der Waals surface area contributed by atoms with Crippen LogP contribution in [0.3, 0.4) is 0 Å². The molecule has 1 rings (SSSR count). The van der Waals surface area contributed by atoms with Crippen molar-refractivity contribution in [3.05, 3.63) is 29.6 Å². The topological polar surface area (TPSA) is 109 Å². The van der Waals surface area contributed by atoms with E-state index < -0.39 is 21.7 Å². The van der Waals surface area contributed by atoms with Gasteiger partial charge in [-0.2, -0.15) is 0 Å². The van der Waals surface area contributed by atoms with Crippen LogP contribution in [0.25, 0.3) is 0 Å². The lowest BCUT2D eigenvalue weighted by molar-refractivity contribution is -0.117. The van der Waals surface area contributed by atoms with Gasteiger partial charge < -0.3 is 10.8 Å². The van der Waals surface area contributed by atoms with Crippen molar-refractivity contribution in [2.24, 2.45) is 5.73 Å². The van der Waals surface area contributed by atoms with E-state index in [1.807, 2.05) is 0 Å². The summed E-state index contributed by atoms with van der Waals surface area (Å²) < 4.78 is 39.5. The monoisotopic (exact) mass is 314 g/mol. The number of rotatable bonds is 6. The van der Waals surface area contributed by atoms with Gasteiger partial charge in [0.1, 0.15) is 5.82 Å². The number of aliphatic hydroxyl groups is 1. The van der Waals surface area contributed by atoms with Crippen LogP contribution in [0.4, 0.5) is 4.39 Å². The zero-order valence-corrected chi connectivity index (χ0v) is 11.9. The molecule has 0 unspecified atom stereocenters. The summed E-state index contributed by atoms with van der Waals surface area (Å²) in [7, 11) is -3.93. The Kier molecular flexibility index (Phi) is 6.30. The number of aliphatic hydroxyl groups excluding tert-OH is 1. The predicted molar refractivity (Wildman–Crippen MR) is 74.0 cm³/mol. The molecule has 0 aliphatic rings. The normalized spacial score (nSPS) is 10.8. The van der Waals surface area contributed by atoms with Gasteiger partial charge in [-0.15, -0.1) is 0 Å². The SMILES string of the molecule is NC(=O)CCNS(=O)(=O)c1ccc(F)cc1C#CCCO. The fourth-order valence-corrected chi connectivity index (χ4v) is 2.61. The Labute approximate surface area is 122 Å². The van der Waals surface area contributed by atoms with E-state index in [-0.39, 0.29) is 36.5 Å². The van der Waals surface area contributed by atoms with Gasteiger partial charge in [0.15, 0.2) is 0 Å². The van der Waals surface area contributed by atoms with Crippen LogP contribution in [0.5, 0.6) is 0 Å². The van der Waals surface area contributed by atoms with Gasteiger partial charge in [0.25, 0.3) is 0 Å². The molecule has 0 saturated heterocycles. The fourth-order valence-electron chi connectivity index (χ4n) is 1.43. The van der Waals surface area contributed by atoms with E-state index in [2.05, 4.69) is 16.6 Å². The third kappa shape index (κ3) is 5.51. The maximum absolute atomic E-state index is 13.2. The molecule has 0 atom stereocenters. The number of halogens is 1. The standard InChI is InChI=1S/C13H15FN2O4S/c14-11-4-5-12(10(9-11)3-1-2-8-17)21(19,20)16-7-6-13(15)18/h4-5,9,16-17H,2,6-8H2,(H2,15,18). The van der Waals surface area contributed by atoms with Crippen LogP contribution < -0.4 is 10.5 Å². The molecule has 0 bridgehead atoms. The van der Waals surface area contributed by atoms with Gasteiger partial charge in [-0.05, 0) is 18.2 Å². The number of nitrogens with two attached hydrogens (primary N) is 1. The Morgan fingerprint density at radius 2 is 2.14 bits per heavy atom. The number of hydrogen-bond acceptors (Lipinski definition) is 4.